The highest BCUT2D eigenvalue weighted by Crippen LogP contribution is 2.39. The second kappa shape index (κ2) is 16.8. The molecule has 0 fully saturated rings. The van der Waals surface area contributed by atoms with Gasteiger partial charge >= 0.3 is 0 Å². The van der Waals surface area contributed by atoms with E-state index in [4.69, 9.17) is 0 Å². The summed E-state index contributed by atoms with van der Waals surface area (Å²) in [6, 6.07) is 2.19. The van der Waals surface area contributed by atoms with E-state index >= 15 is 0 Å². The van der Waals surface area contributed by atoms with E-state index in [1.165, 1.54) is 12.5 Å². The third kappa shape index (κ3) is 9.27. The summed E-state index contributed by atoms with van der Waals surface area (Å²) in [5.41, 5.74) is 4.97. The Bertz CT molecular complexity index is 1220. The predicted octanol–water partition coefficient (Wildman–Crippen LogP) is 8.06. The molecule has 1 aromatic rings. The SMILES string of the molecule is CCCCCc1cc(CC2C(=O)C/C=C\C=C/CC2=O)c(C)c2c1CC(CC(CCC)C(CC)C(=O)CC(C)=O)CC2=O. The Balaban J connectivity index is 1.96. The Hall–Kier alpha value is -2.95. The molecule has 0 saturated heterocycles. The van der Waals surface area contributed by atoms with Gasteiger partial charge in [0.25, 0.3) is 0 Å². The van der Waals surface area contributed by atoms with Crippen LogP contribution in [0.5, 0.6) is 0 Å². The predicted molar refractivity (Wildman–Crippen MR) is 172 cm³/mol. The van der Waals surface area contributed by atoms with Crippen LogP contribution in [0.15, 0.2) is 30.4 Å². The lowest BCUT2D eigenvalue weighted by atomic mass is 9.70. The summed E-state index contributed by atoms with van der Waals surface area (Å²) in [5.74, 6) is -0.574. The first-order chi connectivity index (χ1) is 20.6. The van der Waals surface area contributed by atoms with Crippen LogP contribution < -0.4 is 0 Å². The average Bonchev–Trinajstić information content (AvgIpc) is 3.02. The minimum atomic E-state index is -0.701. The van der Waals surface area contributed by atoms with Crippen LogP contribution in [0.3, 0.4) is 0 Å². The van der Waals surface area contributed by atoms with Crippen LogP contribution in [0.2, 0.25) is 0 Å². The molecule has 0 radical (unpaired) electrons. The van der Waals surface area contributed by atoms with Crippen LogP contribution in [-0.2, 0) is 38.4 Å². The molecule has 0 amide bonds. The van der Waals surface area contributed by atoms with Gasteiger partial charge in [0, 0.05) is 30.7 Å². The number of allylic oxidation sites excluding steroid dienone is 4. The largest absolute Gasteiger partial charge is 0.300 e. The molecule has 3 unspecified atom stereocenters. The molecule has 0 heterocycles. The minimum absolute atomic E-state index is 0.00667. The van der Waals surface area contributed by atoms with Crippen LogP contribution in [0.1, 0.15) is 131 Å². The van der Waals surface area contributed by atoms with Gasteiger partial charge in [0.1, 0.15) is 23.1 Å². The molecule has 234 valence electrons. The molecule has 0 N–H and O–H groups in total. The molecule has 0 saturated carbocycles. The van der Waals surface area contributed by atoms with E-state index in [2.05, 4.69) is 19.9 Å². The molecule has 0 aliphatic heterocycles. The van der Waals surface area contributed by atoms with Crippen molar-refractivity contribution in [2.75, 3.05) is 0 Å². The minimum Gasteiger partial charge on any atom is -0.300 e. The molecular formula is C38H52O5. The first kappa shape index (κ1) is 34.5. The topological polar surface area (TPSA) is 85.3 Å². The lowest BCUT2D eigenvalue weighted by Crippen LogP contribution is -2.31. The standard InChI is InChI=1S/C38H52O5/c1-6-9-12-16-29-23-30(24-33-34(40)17-13-10-11-14-18-35(33)41)26(5)38-32(29)21-27(22-37(38)43)20-28(15-7-2)31(8-3)36(42)19-25(4)39/h10-11,13-14,23,27-28,31,33H,6-9,12,15-22,24H2,1-5H3/b13-10-,14-11-. The number of Topliss-reactive ketones (excluding diaryl/α,β-unsaturated/α-hetero) is 5. The van der Waals surface area contributed by atoms with Crippen molar-refractivity contribution in [3.8, 4) is 0 Å². The highest BCUT2D eigenvalue weighted by Gasteiger charge is 2.35. The molecule has 3 atom stereocenters. The molecule has 5 nitrogen and oxygen atoms in total. The van der Waals surface area contributed by atoms with Crippen molar-refractivity contribution in [1.29, 1.82) is 0 Å². The number of carbonyl (C=O) groups is 5. The Morgan fingerprint density at radius 3 is 2.16 bits per heavy atom. The Morgan fingerprint density at radius 1 is 0.907 bits per heavy atom. The molecule has 1 aromatic carbocycles. The summed E-state index contributed by atoms with van der Waals surface area (Å²) in [6.45, 7) is 9.81. The van der Waals surface area contributed by atoms with Crippen LogP contribution >= 0.6 is 0 Å². The lowest BCUT2D eigenvalue weighted by Gasteiger charge is -2.33. The number of fused-ring (bicyclic) bond motifs is 1. The van der Waals surface area contributed by atoms with Gasteiger partial charge in [0.05, 0.1) is 12.3 Å². The lowest BCUT2D eigenvalue weighted by molar-refractivity contribution is -0.132. The summed E-state index contributed by atoms with van der Waals surface area (Å²) in [6.07, 6.45) is 16.8. The summed E-state index contributed by atoms with van der Waals surface area (Å²) in [5, 5.41) is 0. The highest BCUT2D eigenvalue weighted by molar-refractivity contribution is 6.04. The second-order valence-electron chi connectivity index (χ2n) is 12.9. The van der Waals surface area contributed by atoms with Crippen molar-refractivity contribution < 1.29 is 24.0 Å². The fourth-order valence-electron chi connectivity index (χ4n) is 7.38. The number of hydrogen-bond acceptors (Lipinski definition) is 5. The fourth-order valence-corrected chi connectivity index (χ4v) is 7.38. The smallest absolute Gasteiger partial charge is 0.163 e. The maximum atomic E-state index is 13.9. The Kier molecular flexibility index (Phi) is 13.5. The van der Waals surface area contributed by atoms with E-state index in [-0.39, 0.29) is 65.9 Å². The molecule has 0 aromatic heterocycles. The Morgan fingerprint density at radius 2 is 1.58 bits per heavy atom. The van der Waals surface area contributed by atoms with Crippen molar-refractivity contribution in [2.45, 2.75) is 125 Å². The van der Waals surface area contributed by atoms with Gasteiger partial charge in [-0.25, -0.2) is 0 Å². The van der Waals surface area contributed by atoms with Gasteiger partial charge in [-0.3, -0.25) is 24.0 Å². The molecule has 3 rings (SSSR count). The molecule has 2 aliphatic carbocycles. The van der Waals surface area contributed by atoms with Crippen molar-refractivity contribution in [2.24, 2.45) is 23.7 Å². The fraction of sp³-hybridized carbons (Fsp3) is 0.605. The number of aryl methyl sites for hydroxylation is 1. The van der Waals surface area contributed by atoms with Crippen molar-refractivity contribution in [3.63, 3.8) is 0 Å². The molecule has 43 heavy (non-hydrogen) atoms. The maximum Gasteiger partial charge on any atom is 0.163 e. The van der Waals surface area contributed by atoms with Crippen LogP contribution in [0.4, 0.5) is 0 Å². The molecule has 5 heteroatoms. The van der Waals surface area contributed by atoms with Gasteiger partial charge in [0.2, 0.25) is 0 Å². The van der Waals surface area contributed by atoms with E-state index in [0.29, 0.717) is 19.3 Å². The number of unbranched alkanes of at least 4 members (excludes halogenated alkanes) is 2. The second-order valence-corrected chi connectivity index (χ2v) is 12.9. The third-order valence-corrected chi connectivity index (χ3v) is 9.55. The number of carbonyl (C=O) groups excluding carboxylic acids is 5. The zero-order valence-corrected chi connectivity index (χ0v) is 27.1. The van der Waals surface area contributed by atoms with Gasteiger partial charge in [-0.2, -0.15) is 0 Å². The Labute approximate surface area is 259 Å². The molecule has 2 aliphatic rings. The summed E-state index contributed by atoms with van der Waals surface area (Å²) in [7, 11) is 0. The van der Waals surface area contributed by atoms with E-state index in [1.807, 2.05) is 38.2 Å². The number of hydrogen-bond donors (Lipinski definition) is 0. The number of ketones is 5. The highest BCUT2D eigenvalue weighted by atomic mass is 16.2. The maximum absolute atomic E-state index is 13.9. The first-order valence-electron chi connectivity index (χ1n) is 16.7. The van der Waals surface area contributed by atoms with Gasteiger partial charge in [-0.05, 0) is 86.5 Å². The van der Waals surface area contributed by atoms with Crippen LogP contribution in [-0.4, -0.2) is 28.9 Å². The van der Waals surface area contributed by atoms with E-state index in [9.17, 15) is 24.0 Å². The number of benzene rings is 1. The zero-order chi connectivity index (χ0) is 31.5. The molecule has 0 spiro atoms. The van der Waals surface area contributed by atoms with Gasteiger partial charge in [-0.15, -0.1) is 0 Å². The van der Waals surface area contributed by atoms with E-state index in [1.54, 1.807) is 0 Å². The van der Waals surface area contributed by atoms with Crippen molar-refractivity contribution >= 4 is 28.9 Å². The van der Waals surface area contributed by atoms with Gasteiger partial charge in [-0.1, -0.05) is 76.8 Å². The quantitative estimate of drug-likeness (QED) is 0.153. The third-order valence-electron chi connectivity index (χ3n) is 9.55. The summed E-state index contributed by atoms with van der Waals surface area (Å²) < 4.78 is 0. The van der Waals surface area contributed by atoms with E-state index < -0.39 is 5.92 Å². The monoisotopic (exact) mass is 588 g/mol. The van der Waals surface area contributed by atoms with E-state index in [0.717, 1.165) is 73.6 Å². The van der Waals surface area contributed by atoms with Crippen molar-refractivity contribution in [3.05, 3.63) is 58.2 Å². The molecular weight excluding hydrogens is 536 g/mol. The summed E-state index contributed by atoms with van der Waals surface area (Å²) in [4.78, 5) is 64.8. The van der Waals surface area contributed by atoms with Gasteiger partial charge in [0.15, 0.2) is 5.78 Å². The summed E-state index contributed by atoms with van der Waals surface area (Å²) >= 11 is 0. The van der Waals surface area contributed by atoms with Crippen LogP contribution in [0.25, 0.3) is 0 Å². The average molecular weight is 589 g/mol. The van der Waals surface area contributed by atoms with Crippen LogP contribution in [0, 0.1) is 30.6 Å². The zero-order valence-electron chi connectivity index (χ0n) is 27.1. The van der Waals surface area contributed by atoms with Crippen molar-refractivity contribution in [1.82, 2.24) is 0 Å². The molecule has 0 bridgehead atoms. The van der Waals surface area contributed by atoms with Gasteiger partial charge < -0.3 is 0 Å². The first-order valence-corrected chi connectivity index (χ1v) is 16.7. The number of rotatable bonds is 15. The normalized spacial score (nSPS) is 20.5.